The van der Waals surface area contributed by atoms with Crippen molar-refractivity contribution in [2.75, 3.05) is 13.1 Å². The van der Waals surface area contributed by atoms with Crippen molar-refractivity contribution < 1.29 is 20.0 Å². The van der Waals surface area contributed by atoms with Gasteiger partial charge in [0.2, 0.25) is 0 Å². The van der Waals surface area contributed by atoms with E-state index in [1.165, 1.54) is 12.8 Å². The molecule has 0 unspecified atom stereocenters. The Morgan fingerprint density at radius 1 is 1.22 bits per heavy atom. The molecule has 6 heteroatoms. The van der Waals surface area contributed by atoms with Crippen LogP contribution in [0.4, 0.5) is 0 Å². The van der Waals surface area contributed by atoms with Crippen molar-refractivity contribution in [2.45, 2.75) is 44.1 Å². The number of hydrogen-bond donors (Lipinski definition) is 2. The minimum absolute atomic E-state index is 0.0416. The van der Waals surface area contributed by atoms with Crippen LogP contribution in [0.25, 0.3) is 0 Å². The molecule has 0 amide bonds. The molecule has 3 rings (SSSR count). The monoisotopic (exact) mass is 542 g/mol. The van der Waals surface area contributed by atoms with Crippen LogP contribution in [0, 0.1) is 13.1 Å². The summed E-state index contributed by atoms with van der Waals surface area (Å²) in [6, 6.07) is 3.58. The van der Waals surface area contributed by atoms with Gasteiger partial charge in [0.25, 0.3) is 0 Å². The maximum absolute atomic E-state index is 12.8. The Labute approximate surface area is 164 Å². The predicted molar refractivity (Wildman–Crippen MR) is 105 cm³/mol. The summed E-state index contributed by atoms with van der Waals surface area (Å²) < 4.78 is 7.74. The number of phenols is 1. The summed E-state index contributed by atoms with van der Waals surface area (Å²) in [7, 11) is 0. The Morgan fingerprint density at radius 3 is 2.52 bits per heavy atom. The van der Waals surface area contributed by atoms with Crippen molar-refractivity contribution in [3.8, 4) is 5.75 Å². The number of benzene rings is 1. The van der Waals surface area contributed by atoms with Crippen molar-refractivity contribution in [3.05, 3.63) is 24.8 Å². The molecule has 1 aromatic rings. The molecule has 0 radical (unpaired) electrons. The lowest BCUT2D eigenvalue weighted by Gasteiger charge is -2.40. The minimum Gasteiger partial charge on any atom is -0.506 e. The fourth-order valence-corrected chi connectivity index (χ4v) is 5.81. The summed E-state index contributed by atoms with van der Waals surface area (Å²) in [5.74, 6) is 0.150. The summed E-state index contributed by atoms with van der Waals surface area (Å²) >= 11 is 4.22. The van der Waals surface area contributed by atoms with Gasteiger partial charge in [-0.15, -0.1) is 0 Å². The molecular formula is C17H22I2NO3+. The van der Waals surface area contributed by atoms with Crippen LogP contribution in [0.1, 0.15) is 48.9 Å². The second-order valence-corrected chi connectivity index (χ2v) is 8.99. The molecule has 1 saturated heterocycles. The van der Waals surface area contributed by atoms with E-state index in [2.05, 4.69) is 50.5 Å². The number of esters is 1. The highest BCUT2D eigenvalue weighted by Crippen LogP contribution is 2.42. The number of hydrogen-bond acceptors (Lipinski definition) is 3. The maximum Gasteiger partial charge on any atom is 0.342 e. The van der Waals surface area contributed by atoms with E-state index in [-0.39, 0.29) is 17.3 Å². The Balaban J connectivity index is 1.86. The van der Waals surface area contributed by atoms with E-state index < -0.39 is 0 Å². The molecule has 1 heterocycles. The Bertz CT molecular complexity index is 594. The van der Waals surface area contributed by atoms with Gasteiger partial charge in [-0.3, -0.25) is 0 Å². The normalized spacial score (nSPS) is 21.3. The first-order valence-corrected chi connectivity index (χ1v) is 10.4. The van der Waals surface area contributed by atoms with E-state index in [1.54, 1.807) is 6.07 Å². The molecule has 1 aliphatic carbocycles. The van der Waals surface area contributed by atoms with Crippen molar-refractivity contribution in [1.29, 1.82) is 0 Å². The Kier molecular flexibility index (Phi) is 5.72. The van der Waals surface area contributed by atoms with Crippen LogP contribution >= 0.6 is 45.2 Å². The lowest BCUT2D eigenvalue weighted by Crippen LogP contribution is -2.88. The SMILES string of the molecule is O=C(OC1(C2CCCC2)CC[NH2+]CC1)c1cc(I)cc(I)c1O. The number of carbonyl (C=O) groups excluding carboxylic acids is 1. The first kappa shape index (κ1) is 17.7. The van der Waals surface area contributed by atoms with Crippen LogP contribution in [0.2, 0.25) is 0 Å². The van der Waals surface area contributed by atoms with Gasteiger partial charge >= 0.3 is 5.97 Å². The van der Waals surface area contributed by atoms with Gasteiger partial charge in [-0.05, 0) is 76.1 Å². The molecule has 0 bridgehead atoms. The zero-order valence-electron chi connectivity index (χ0n) is 13.0. The van der Waals surface area contributed by atoms with E-state index in [1.807, 2.05) is 6.07 Å². The van der Waals surface area contributed by atoms with Crippen molar-refractivity contribution in [3.63, 3.8) is 0 Å². The Morgan fingerprint density at radius 2 is 1.87 bits per heavy atom. The quantitative estimate of drug-likeness (QED) is 0.457. The number of quaternary nitrogens is 1. The largest absolute Gasteiger partial charge is 0.506 e. The van der Waals surface area contributed by atoms with E-state index in [9.17, 15) is 9.90 Å². The van der Waals surface area contributed by atoms with Crippen LogP contribution in [0.5, 0.6) is 5.75 Å². The van der Waals surface area contributed by atoms with Gasteiger partial charge in [-0.2, -0.15) is 0 Å². The summed E-state index contributed by atoms with van der Waals surface area (Å²) in [6.07, 6.45) is 6.63. The predicted octanol–water partition coefficient (Wildman–Crippen LogP) is 3.04. The zero-order valence-corrected chi connectivity index (χ0v) is 17.3. The number of rotatable bonds is 3. The fourth-order valence-electron chi connectivity index (χ4n) is 3.97. The third-order valence-electron chi connectivity index (χ3n) is 5.19. The summed E-state index contributed by atoms with van der Waals surface area (Å²) in [5, 5.41) is 12.6. The molecule has 4 nitrogen and oxygen atoms in total. The van der Waals surface area contributed by atoms with Crippen LogP contribution < -0.4 is 5.32 Å². The van der Waals surface area contributed by atoms with E-state index in [4.69, 9.17) is 4.74 Å². The smallest absolute Gasteiger partial charge is 0.342 e. The van der Waals surface area contributed by atoms with Crippen molar-refractivity contribution >= 4 is 51.2 Å². The van der Waals surface area contributed by atoms with Gasteiger partial charge in [0, 0.05) is 16.4 Å². The summed E-state index contributed by atoms with van der Waals surface area (Å²) in [6.45, 7) is 2.03. The third-order valence-corrected chi connectivity index (χ3v) is 6.63. The summed E-state index contributed by atoms with van der Waals surface area (Å²) in [5.41, 5.74) is -0.0326. The van der Waals surface area contributed by atoms with Crippen molar-refractivity contribution in [2.24, 2.45) is 5.92 Å². The second kappa shape index (κ2) is 7.43. The molecule has 1 aliphatic heterocycles. The number of halogens is 2. The topological polar surface area (TPSA) is 63.1 Å². The van der Waals surface area contributed by atoms with E-state index >= 15 is 0 Å². The fraction of sp³-hybridized carbons (Fsp3) is 0.588. The molecule has 23 heavy (non-hydrogen) atoms. The van der Waals surface area contributed by atoms with Crippen LogP contribution in [0.3, 0.4) is 0 Å². The van der Waals surface area contributed by atoms with Crippen LogP contribution in [-0.4, -0.2) is 29.8 Å². The second-order valence-electron chi connectivity index (χ2n) is 6.59. The first-order chi connectivity index (χ1) is 11.0. The highest BCUT2D eigenvalue weighted by molar-refractivity contribution is 14.1. The standard InChI is InChI=1S/C17H21I2NO3/c18-12-9-13(15(21)14(19)10-12)16(22)23-17(5-7-20-8-6-17)11-3-1-2-4-11/h9-11,20-21H,1-8H2/p+1. The van der Waals surface area contributed by atoms with Gasteiger partial charge in [-0.25, -0.2) is 4.79 Å². The van der Waals surface area contributed by atoms with E-state index in [0.717, 1.165) is 42.3 Å². The molecule has 2 aliphatic rings. The molecule has 0 spiro atoms. The zero-order chi connectivity index (χ0) is 16.4. The average molecular weight is 542 g/mol. The van der Waals surface area contributed by atoms with E-state index in [0.29, 0.717) is 15.1 Å². The summed E-state index contributed by atoms with van der Waals surface area (Å²) in [4.78, 5) is 12.8. The third kappa shape index (κ3) is 3.78. The molecule has 2 fully saturated rings. The number of aromatic hydroxyl groups is 1. The molecule has 1 saturated carbocycles. The Hall–Kier alpha value is -0.0900. The van der Waals surface area contributed by atoms with Gasteiger partial charge in [0.1, 0.15) is 16.9 Å². The molecular weight excluding hydrogens is 520 g/mol. The van der Waals surface area contributed by atoms with Gasteiger partial charge in [-0.1, -0.05) is 12.8 Å². The van der Waals surface area contributed by atoms with Gasteiger partial charge < -0.3 is 15.2 Å². The number of ether oxygens (including phenoxy) is 1. The molecule has 1 aromatic carbocycles. The van der Waals surface area contributed by atoms with Crippen molar-refractivity contribution in [1.82, 2.24) is 0 Å². The number of carbonyl (C=O) groups is 1. The van der Waals surface area contributed by atoms with Gasteiger partial charge in [0.15, 0.2) is 0 Å². The molecule has 3 N–H and O–H groups in total. The molecule has 0 atom stereocenters. The number of nitrogens with two attached hydrogens (primary N) is 1. The number of phenolic OH excluding ortho intramolecular Hbond substituents is 1. The first-order valence-electron chi connectivity index (χ1n) is 8.25. The minimum atomic E-state index is -0.368. The number of piperidine rings is 1. The maximum atomic E-state index is 12.8. The molecule has 0 aromatic heterocycles. The van der Waals surface area contributed by atoms with Crippen LogP contribution in [0.15, 0.2) is 12.1 Å². The van der Waals surface area contributed by atoms with Gasteiger partial charge in [0.05, 0.1) is 16.7 Å². The highest BCUT2D eigenvalue weighted by Gasteiger charge is 2.46. The van der Waals surface area contributed by atoms with Crippen LogP contribution in [-0.2, 0) is 4.74 Å². The average Bonchev–Trinajstić information content (AvgIpc) is 3.06. The highest BCUT2D eigenvalue weighted by atomic mass is 127. The molecule has 126 valence electrons. The lowest BCUT2D eigenvalue weighted by atomic mass is 9.78. The lowest BCUT2D eigenvalue weighted by molar-refractivity contribution is -0.668.